The number of carbonyl (C=O) groups is 2. The minimum atomic E-state index is -0.758. The molecule has 2 aromatic rings. The van der Waals surface area contributed by atoms with E-state index in [-0.39, 0.29) is 5.91 Å². The predicted octanol–water partition coefficient (Wildman–Crippen LogP) is 3.15. The normalized spacial score (nSPS) is 11.6. The summed E-state index contributed by atoms with van der Waals surface area (Å²) in [4.78, 5) is 23.6. The van der Waals surface area contributed by atoms with Crippen molar-refractivity contribution in [2.45, 2.75) is 20.0 Å². The molecule has 6 heteroatoms. The molecule has 0 aliphatic heterocycles. The van der Waals surface area contributed by atoms with Crippen molar-refractivity contribution < 1.29 is 14.3 Å². The van der Waals surface area contributed by atoms with Crippen LogP contribution in [-0.4, -0.2) is 17.9 Å². The topological polar surface area (TPSA) is 81.4 Å². The number of hydrogen-bond acceptors (Lipinski definition) is 3. The van der Waals surface area contributed by atoms with Crippen molar-refractivity contribution in [1.29, 1.82) is 0 Å². The van der Waals surface area contributed by atoms with E-state index in [9.17, 15) is 9.59 Å². The van der Waals surface area contributed by atoms with Crippen LogP contribution in [0.5, 0.6) is 5.75 Å². The number of nitrogens with two attached hydrogens (primary N) is 1. The highest BCUT2D eigenvalue weighted by Crippen LogP contribution is 2.25. The van der Waals surface area contributed by atoms with Gasteiger partial charge in [0.05, 0.1) is 5.02 Å². The molecule has 1 atom stereocenters. The van der Waals surface area contributed by atoms with Crippen LogP contribution in [0.4, 0.5) is 5.69 Å². The van der Waals surface area contributed by atoms with Crippen molar-refractivity contribution in [2.24, 2.45) is 5.73 Å². The van der Waals surface area contributed by atoms with Crippen LogP contribution >= 0.6 is 11.6 Å². The van der Waals surface area contributed by atoms with E-state index in [0.29, 0.717) is 27.6 Å². The van der Waals surface area contributed by atoms with Crippen molar-refractivity contribution >= 4 is 29.1 Å². The summed E-state index contributed by atoms with van der Waals surface area (Å²) in [6.45, 7) is 3.33. The standard InChI is InChI=1S/C17H17ClN2O3/c1-10-12(16(19)21)6-5-8-14(10)20-17(22)11(2)23-15-9-4-3-7-13(15)18/h3-9,11H,1-2H3,(H2,19,21)(H,20,22)/t11-/m1/s1. The fraction of sp³-hybridized carbons (Fsp3) is 0.176. The highest BCUT2D eigenvalue weighted by molar-refractivity contribution is 6.32. The fourth-order valence-corrected chi connectivity index (χ4v) is 2.24. The van der Waals surface area contributed by atoms with Gasteiger partial charge in [0.15, 0.2) is 6.10 Å². The molecular weight excluding hydrogens is 316 g/mol. The number of benzene rings is 2. The number of halogens is 1. The number of amides is 2. The Kier molecular flexibility index (Phi) is 5.24. The van der Waals surface area contributed by atoms with E-state index in [4.69, 9.17) is 22.1 Å². The molecule has 0 unspecified atom stereocenters. The van der Waals surface area contributed by atoms with Gasteiger partial charge in [0.25, 0.3) is 5.91 Å². The maximum absolute atomic E-state index is 12.3. The molecule has 0 heterocycles. The smallest absolute Gasteiger partial charge is 0.265 e. The van der Waals surface area contributed by atoms with Crippen LogP contribution in [0.1, 0.15) is 22.8 Å². The zero-order chi connectivity index (χ0) is 17.0. The Balaban J connectivity index is 2.12. The van der Waals surface area contributed by atoms with Gasteiger partial charge in [0.1, 0.15) is 5.75 Å². The lowest BCUT2D eigenvalue weighted by Gasteiger charge is -2.17. The van der Waals surface area contributed by atoms with Crippen LogP contribution in [-0.2, 0) is 4.79 Å². The minimum absolute atomic E-state index is 0.352. The van der Waals surface area contributed by atoms with Gasteiger partial charge in [-0.15, -0.1) is 0 Å². The summed E-state index contributed by atoms with van der Waals surface area (Å²) in [5.74, 6) is -0.465. The number of primary amides is 1. The zero-order valence-electron chi connectivity index (χ0n) is 12.8. The van der Waals surface area contributed by atoms with Crippen LogP contribution in [0, 0.1) is 6.92 Å². The molecule has 0 aromatic heterocycles. The third-order valence-electron chi connectivity index (χ3n) is 3.37. The van der Waals surface area contributed by atoms with E-state index < -0.39 is 12.0 Å². The summed E-state index contributed by atoms with van der Waals surface area (Å²) in [5.41, 5.74) is 6.79. The van der Waals surface area contributed by atoms with Gasteiger partial charge < -0.3 is 15.8 Å². The minimum Gasteiger partial charge on any atom is -0.479 e. The Morgan fingerprint density at radius 2 is 1.87 bits per heavy atom. The SMILES string of the molecule is Cc1c(NC(=O)[C@@H](C)Oc2ccccc2Cl)cccc1C(N)=O. The lowest BCUT2D eigenvalue weighted by atomic mass is 10.1. The molecular formula is C17H17ClN2O3. The Bertz CT molecular complexity index is 746. The highest BCUT2D eigenvalue weighted by Gasteiger charge is 2.18. The first kappa shape index (κ1) is 16.8. The van der Waals surface area contributed by atoms with E-state index in [2.05, 4.69) is 5.32 Å². The molecule has 0 radical (unpaired) electrons. The molecule has 23 heavy (non-hydrogen) atoms. The first-order valence-corrected chi connectivity index (χ1v) is 7.39. The second-order valence-corrected chi connectivity index (χ2v) is 5.43. The molecule has 0 aliphatic rings. The fourth-order valence-electron chi connectivity index (χ4n) is 2.06. The van der Waals surface area contributed by atoms with Crippen LogP contribution in [0.25, 0.3) is 0 Å². The van der Waals surface area contributed by atoms with Crippen molar-refractivity contribution in [3.8, 4) is 5.75 Å². The van der Waals surface area contributed by atoms with Gasteiger partial charge in [0, 0.05) is 11.3 Å². The van der Waals surface area contributed by atoms with Crippen LogP contribution in [0.15, 0.2) is 42.5 Å². The predicted molar refractivity (Wildman–Crippen MR) is 89.9 cm³/mol. The van der Waals surface area contributed by atoms with Gasteiger partial charge in [-0.1, -0.05) is 29.8 Å². The number of para-hydroxylation sites is 1. The molecule has 0 aliphatic carbocycles. The number of hydrogen-bond donors (Lipinski definition) is 2. The lowest BCUT2D eigenvalue weighted by Crippen LogP contribution is -2.30. The van der Waals surface area contributed by atoms with Crippen LogP contribution in [0.3, 0.4) is 0 Å². The Morgan fingerprint density at radius 3 is 2.52 bits per heavy atom. The molecule has 0 fully saturated rings. The van der Waals surface area contributed by atoms with Crippen molar-refractivity contribution in [2.75, 3.05) is 5.32 Å². The van der Waals surface area contributed by atoms with Crippen LogP contribution < -0.4 is 15.8 Å². The third kappa shape index (κ3) is 4.02. The van der Waals surface area contributed by atoms with Gasteiger partial charge in [-0.25, -0.2) is 0 Å². The van der Waals surface area contributed by atoms with Crippen molar-refractivity contribution in [3.63, 3.8) is 0 Å². The monoisotopic (exact) mass is 332 g/mol. The number of rotatable bonds is 5. The molecule has 2 rings (SSSR count). The van der Waals surface area contributed by atoms with Gasteiger partial charge in [-0.3, -0.25) is 9.59 Å². The third-order valence-corrected chi connectivity index (χ3v) is 3.68. The summed E-state index contributed by atoms with van der Waals surface area (Å²) < 4.78 is 5.56. The summed E-state index contributed by atoms with van der Waals surface area (Å²) in [6.07, 6.45) is -0.758. The first-order valence-electron chi connectivity index (χ1n) is 7.01. The van der Waals surface area contributed by atoms with Crippen LogP contribution in [0.2, 0.25) is 5.02 Å². The Morgan fingerprint density at radius 1 is 1.17 bits per heavy atom. The molecule has 5 nitrogen and oxygen atoms in total. The summed E-state index contributed by atoms with van der Waals surface area (Å²) in [6, 6.07) is 11.9. The van der Waals surface area contributed by atoms with E-state index in [1.165, 1.54) is 0 Å². The second-order valence-electron chi connectivity index (χ2n) is 5.02. The van der Waals surface area contributed by atoms with E-state index in [0.717, 1.165) is 0 Å². The van der Waals surface area contributed by atoms with Gasteiger partial charge in [-0.05, 0) is 43.7 Å². The molecule has 2 amide bonds. The first-order chi connectivity index (χ1) is 10.9. The maximum atomic E-state index is 12.3. The molecule has 0 saturated heterocycles. The number of nitrogens with one attached hydrogen (secondary N) is 1. The van der Waals surface area contributed by atoms with E-state index >= 15 is 0 Å². The quantitative estimate of drug-likeness (QED) is 0.882. The maximum Gasteiger partial charge on any atom is 0.265 e. The average Bonchev–Trinajstić information content (AvgIpc) is 2.51. The summed E-state index contributed by atoms with van der Waals surface area (Å²) >= 11 is 6.01. The highest BCUT2D eigenvalue weighted by atomic mass is 35.5. The molecule has 0 spiro atoms. The average molecular weight is 333 g/mol. The van der Waals surface area contributed by atoms with Crippen molar-refractivity contribution in [1.82, 2.24) is 0 Å². The Hall–Kier alpha value is -2.53. The Labute approximate surface area is 139 Å². The van der Waals surface area contributed by atoms with Gasteiger partial charge in [0.2, 0.25) is 5.91 Å². The van der Waals surface area contributed by atoms with Gasteiger partial charge >= 0.3 is 0 Å². The zero-order valence-corrected chi connectivity index (χ0v) is 13.6. The molecule has 2 aromatic carbocycles. The molecule has 0 saturated carbocycles. The summed E-state index contributed by atoms with van der Waals surface area (Å²) in [7, 11) is 0. The van der Waals surface area contributed by atoms with E-state index in [1.54, 1.807) is 56.3 Å². The molecule has 3 N–H and O–H groups in total. The molecule has 120 valence electrons. The molecule has 0 bridgehead atoms. The van der Waals surface area contributed by atoms with Crippen molar-refractivity contribution in [3.05, 3.63) is 58.6 Å². The largest absolute Gasteiger partial charge is 0.479 e. The number of ether oxygens (including phenoxy) is 1. The number of anilines is 1. The lowest BCUT2D eigenvalue weighted by molar-refractivity contribution is -0.122. The number of carbonyl (C=O) groups excluding carboxylic acids is 2. The summed E-state index contributed by atoms with van der Waals surface area (Å²) in [5, 5.41) is 3.16. The second kappa shape index (κ2) is 7.15. The van der Waals surface area contributed by atoms with E-state index in [1.807, 2.05) is 0 Å². The van der Waals surface area contributed by atoms with Gasteiger partial charge in [-0.2, -0.15) is 0 Å².